The fourth-order valence-corrected chi connectivity index (χ4v) is 2.55. The van der Waals surface area contributed by atoms with Crippen LogP contribution in [0.2, 0.25) is 0 Å². The lowest BCUT2D eigenvalue weighted by Crippen LogP contribution is -2.17. The van der Waals surface area contributed by atoms with Crippen LogP contribution in [0.3, 0.4) is 0 Å². The van der Waals surface area contributed by atoms with Crippen LogP contribution < -0.4 is 10.2 Å². The number of nitrogens with zero attached hydrogens (tertiary/aromatic N) is 1. The second-order valence-electron chi connectivity index (χ2n) is 6.50. The molecule has 0 saturated carbocycles. The fraction of sp³-hybridized carbons (Fsp3) is 0.182. The maximum atomic E-state index is 12.2. The first-order valence-corrected chi connectivity index (χ1v) is 8.67. The van der Waals surface area contributed by atoms with Gasteiger partial charge in [-0.2, -0.15) is 5.10 Å². The predicted molar refractivity (Wildman–Crippen MR) is 106 cm³/mol. The third-order valence-electron chi connectivity index (χ3n) is 3.89. The number of hydrogen-bond donors (Lipinski definition) is 1. The van der Waals surface area contributed by atoms with Crippen molar-refractivity contribution in [3.8, 4) is 5.75 Å². The Balaban J connectivity index is 1.63. The topological polar surface area (TPSA) is 50.7 Å². The zero-order valence-electron chi connectivity index (χ0n) is 15.0. The van der Waals surface area contributed by atoms with Gasteiger partial charge in [-0.15, -0.1) is 0 Å². The SMILES string of the molecule is CC(C)COc1ccc(C(=O)NN=Cc2cccc3ccccc23)cc1. The number of carbonyl (C=O) groups excluding carboxylic acids is 1. The van der Waals surface area contributed by atoms with Crippen LogP contribution in [0, 0.1) is 5.92 Å². The molecule has 0 spiro atoms. The Kier molecular flexibility index (Phi) is 5.64. The summed E-state index contributed by atoms with van der Waals surface area (Å²) < 4.78 is 5.62. The van der Waals surface area contributed by atoms with E-state index in [9.17, 15) is 4.79 Å². The van der Waals surface area contributed by atoms with E-state index in [4.69, 9.17) is 4.74 Å². The van der Waals surface area contributed by atoms with Crippen molar-refractivity contribution >= 4 is 22.9 Å². The minimum absolute atomic E-state index is 0.253. The Morgan fingerprint density at radius 3 is 2.54 bits per heavy atom. The molecule has 0 radical (unpaired) electrons. The van der Waals surface area contributed by atoms with Crippen LogP contribution in [0.4, 0.5) is 0 Å². The van der Waals surface area contributed by atoms with E-state index in [-0.39, 0.29) is 5.91 Å². The van der Waals surface area contributed by atoms with Gasteiger partial charge in [-0.25, -0.2) is 5.43 Å². The summed E-state index contributed by atoms with van der Waals surface area (Å²) in [6.07, 6.45) is 1.67. The molecule has 4 heteroatoms. The summed E-state index contributed by atoms with van der Waals surface area (Å²) in [5.74, 6) is 0.966. The average Bonchev–Trinajstić information content (AvgIpc) is 2.67. The first kappa shape index (κ1) is 17.7. The molecular formula is C22H22N2O2. The van der Waals surface area contributed by atoms with E-state index >= 15 is 0 Å². The molecule has 0 unspecified atom stereocenters. The number of amides is 1. The first-order valence-electron chi connectivity index (χ1n) is 8.67. The number of hydrazone groups is 1. The highest BCUT2D eigenvalue weighted by atomic mass is 16.5. The lowest BCUT2D eigenvalue weighted by molar-refractivity contribution is 0.0955. The van der Waals surface area contributed by atoms with Gasteiger partial charge in [0.2, 0.25) is 0 Å². The van der Waals surface area contributed by atoms with Gasteiger partial charge >= 0.3 is 0 Å². The quantitative estimate of drug-likeness (QED) is 0.522. The van der Waals surface area contributed by atoms with E-state index in [1.54, 1.807) is 30.5 Å². The van der Waals surface area contributed by atoms with Gasteiger partial charge in [-0.3, -0.25) is 4.79 Å². The van der Waals surface area contributed by atoms with Crippen LogP contribution in [-0.2, 0) is 0 Å². The van der Waals surface area contributed by atoms with Gasteiger partial charge in [-0.1, -0.05) is 56.3 Å². The number of benzene rings is 3. The molecule has 3 aromatic carbocycles. The number of rotatable bonds is 6. The minimum atomic E-state index is -0.253. The van der Waals surface area contributed by atoms with Crippen LogP contribution >= 0.6 is 0 Å². The maximum absolute atomic E-state index is 12.2. The number of nitrogens with one attached hydrogen (secondary N) is 1. The molecular weight excluding hydrogens is 324 g/mol. The summed E-state index contributed by atoms with van der Waals surface area (Å²) in [6, 6.07) is 21.1. The lowest BCUT2D eigenvalue weighted by atomic mass is 10.1. The molecule has 0 heterocycles. The van der Waals surface area contributed by atoms with E-state index in [1.807, 2.05) is 42.5 Å². The van der Waals surface area contributed by atoms with E-state index in [2.05, 4.69) is 24.4 Å². The van der Waals surface area contributed by atoms with Gasteiger partial charge in [0.1, 0.15) is 5.75 Å². The summed E-state index contributed by atoms with van der Waals surface area (Å²) in [4.78, 5) is 12.2. The molecule has 0 aliphatic rings. The van der Waals surface area contributed by atoms with Gasteiger partial charge in [0.05, 0.1) is 12.8 Å². The van der Waals surface area contributed by atoms with Crippen molar-refractivity contribution in [3.63, 3.8) is 0 Å². The molecule has 1 amide bonds. The van der Waals surface area contributed by atoms with Crippen LogP contribution in [0.5, 0.6) is 5.75 Å². The van der Waals surface area contributed by atoms with Crippen molar-refractivity contribution in [3.05, 3.63) is 77.9 Å². The molecule has 3 aromatic rings. The van der Waals surface area contributed by atoms with Crippen LogP contribution in [-0.4, -0.2) is 18.7 Å². The molecule has 0 aliphatic carbocycles. The summed E-state index contributed by atoms with van der Waals surface area (Å²) in [6.45, 7) is 4.84. The summed E-state index contributed by atoms with van der Waals surface area (Å²) in [5, 5.41) is 6.33. The Labute approximate surface area is 153 Å². The summed E-state index contributed by atoms with van der Waals surface area (Å²) in [7, 11) is 0. The number of carbonyl (C=O) groups is 1. The molecule has 0 aromatic heterocycles. The number of fused-ring (bicyclic) bond motifs is 1. The molecule has 132 valence electrons. The van der Waals surface area contributed by atoms with Crippen LogP contribution in [0.25, 0.3) is 10.8 Å². The van der Waals surface area contributed by atoms with Crippen molar-refractivity contribution in [2.75, 3.05) is 6.61 Å². The molecule has 26 heavy (non-hydrogen) atoms. The van der Waals surface area contributed by atoms with Crippen molar-refractivity contribution in [2.24, 2.45) is 11.0 Å². The zero-order valence-corrected chi connectivity index (χ0v) is 15.0. The van der Waals surface area contributed by atoms with E-state index in [0.29, 0.717) is 18.1 Å². The van der Waals surface area contributed by atoms with Gasteiger partial charge in [0.25, 0.3) is 5.91 Å². The van der Waals surface area contributed by atoms with Crippen molar-refractivity contribution in [2.45, 2.75) is 13.8 Å². The van der Waals surface area contributed by atoms with Gasteiger partial charge in [-0.05, 0) is 41.0 Å². The molecule has 3 rings (SSSR count). The molecule has 0 fully saturated rings. The highest BCUT2D eigenvalue weighted by molar-refractivity contribution is 6.00. The van der Waals surface area contributed by atoms with Gasteiger partial charge in [0.15, 0.2) is 0 Å². The van der Waals surface area contributed by atoms with E-state index in [1.165, 1.54) is 0 Å². The Morgan fingerprint density at radius 1 is 1.04 bits per heavy atom. The minimum Gasteiger partial charge on any atom is -0.493 e. The second kappa shape index (κ2) is 8.30. The van der Waals surface area contributed by atoms with Crippen LogP contribution in [0.15, 0.2) is 71.8 Å². The van der Waals surface area contributed by atoms with Gasteiger partial charge in [0, 0.05) is 11.1 Å². The molecule has 0 saturated heterocycles. The average molecular weight is 346 g/mol. The number of hydrogen-bond acceptors (Lipinski definition) is 3. The predicted octanol–water partition coefficient (Wildman–Crippen LogP) is 4.64. The highest BCUT2D eigenvalue weighted by Gasteiger charge is 2.05. The monoisotopic (exact) mass is 346 g/mol. The van der Waals surface area contributed by atoms with E-state index < -0.39 is 0 Å². The largest absolute Gasteiger partial charge is 0.493 e. The molecule has 0 aliphatic heterocycles. The summed E-state index contributed by atoms with van der Waals surface area (Å²) in [5.41, 5.74) is 4.07. The Morgan fingerprint density at radius 2 is 1.77 bits per heavy atom. The summed E-state index contributed by atoms with van der Waals surface area (Å²) >= 11 is 0. The second-order valence-corrected chi connectivity index (χ2v) is 6.50. The molecule has 1 N–H and O–H groups in total. The third-order valence-corrected chi connectivity index (χ3v) is 3.89. The third kappa shape index (κ3) is 4.48. The number of ether oxygens (including phenoxy) is 1. The maximum Gasteiger partial charge on any atom is 0.271 e. The fourth-order valence-electron chi connectivity index (χ4n) is 2.55. The standard InChI is InChI=1S/C22H22N2O2/c1-16(2)15-26-20-12-10-18(11-13-20)22(25)24-23-14-19-8-5-7-17-6-3-4-9-21(17)19/h3-14,16H,15H2,1-2H3,(H,24,25). The van der Waals surface area contributed by atoms with Crippen molar-refractivity contribution in [1.82, 2.24) is 5.43 Å². The first-order chi connectivity index (χ1) is 12.6. The smallest absolute Gasteiger partial charge is 0.271 e. The zero-order chi connectivity index (χ0) is 18.4. The Bertz CT molecular complexity index is 910. The van der Waals surface area contributed by atoms with Crippen LogP contribution in [0.1, 0.15) is 29.8 Å². The lowest BCUT2D eigenvalue weighted by Gasteiger charge is -2.08. The molecule has 0 atom stereocenters. The van der Waals surface area contributed by atoms with Crippen molar-refractivity contribution in [1.29, 1.82) is 0 Å². The normalized spacial score (nSPS) is 11.2. The molecule has 0 bridgehead atoms. The molecule has 4 nitrogen and oxygen atoms in total. The van der Waals surface area contributed by atoms with Crippen molar-refractivity contribution < 1.29 is 9.53 Å². The van der Waals surface area contributed by atoms with Gasteiger partial charge < -0.3 is 4.74 Å². The highest BCUT2D eigenvalue weighted by Crippen LogP contribution is 2.17. The van der Waals surface area contributed by atoms with E-state index in [0.717, 1.165) is 22.1 Å². The Hall–Kier alpha value is -3.14.